The Morgan fingerprint density at radius 3 is 2.88 bits per heavy atom. The van der Waals surface area contributed by atoms with Gasteiger partial charge in [-0.05, 0) is 12.8 Å². The minimum absolute atomic E-state index is 0.0879. The summed E-state index contributed by atoms with van der Waals surface area (Å²) < 4.78 is 0. The molecule has 0 radical (unpaired) electrons. The molecule has 5 nitrogen and oxygen atoms in total. The van der Waals surface area contributed by atoms with Crippen molar-refractivity contribution in [2.75, 3.05) is 13.1 Å². The molecule has 5 heteroatoms. The van der Waals surface area contributed by atoms with Crippen LogP contribution in [0.1, 0.15) is 33.6 Å². The maximum atomic E-state index is 11.6. The van der Waals surface area contributed by atoms with Crippen LogP contribution in [0.25, 0.3) is 0 Å². The standard InChI is InChI=1S/C11H22N4O/c1-11(2,3)9(16)13-6-4-8-5-7-14-10(12)15-8/h8H,4-7H2,1-3H3,(H,13,16)(H3,12,14,15). The fraction of sp³-hybridized carbons (Fsp3) is 0.818. The van der Waals surface area contributed by atoms with Gasteiger partial charge in [-0.15, -0.1) is 0 Å². The normalized spacial score (nSPS) is 20.9. The summed E-state index contributed by atoms with van der Waals surface area (Å²) in [6.07, 6.45) is 1.87. The van der Waals surface area contributed by atoms with E-state index in [0.717, 1.165) is 19.4 Å². The molecule has 92 valence electrons. The van der Waals surface area contributed by atoms with Crippen LogP contribution < -0.4 is 16.4 Å². The SMILES string of the molecule is CC(C)(C)C(=O)NCCC1CCN=C(N)N1. The Hall–Kier alpha value is -1.26. The Morgan fingerprint density at radius 2 is 2.31 bits per heavy atom. The highest BCUT2D eigenvalue weighted by Crippen LogP contribution is 2.12. The lowest BCUT2D eigenvalue weighted by molar-refractivity contribution is -0.128. The largest absolute Gasteiger partial charge is 0.370 e. The highest BCUT2D eigenvalue weighted by atomic mass is 16.2. The van der Waals surface area contributed by atoms with Crippen LogP contribution in [-0.2, 0) is 4.79 Å². The number of guanidine groups is 1. The van der Waals surface area contributed by atoms with Crippen LogP contribution in [-0.4, -0.2) is 31.0 Å². The van der Waals surface area contributed by atoms with E-state index in [-0.39, 0.29) is 11.3 Å². The van der Waals surface area contributed by atoms with Crippen LogP contribution in [0.4, 0.5) is 0 Å². The van der Waals surface area contributed by atoms with Crippen LogP contribution >= 0.6 is 0 Å². The first-order chi connectivity index (χ1) is 7.39. The van der Waals surface area contributed by atoms with E-state index in [2.05, 4.69) is 15.6 Å². The zero-order valence-corrected chi connectivity index (χ0v) is 10.3. The number of hydrogen-bond acceptors (Lipinski definition) is 4. The molecule has 0 spiro atoms. The Labute approximate surface area is 96.9 Å². The first-order valence-corrected chi connectivity index (χ1v) is 5.74. The van der Waals surface area contributed by atoms with E-state index in [9.17, 15) is 4.79 Å². The van der Waals surface area contributed by atoms with Crippen molar-refractivity contribution in [2.45, 2.75) is 39.7 Å². The summed E-state index contributed by atoms with van der Waals surface area (Å²) >= 11 is 0. The Balaban J connectivity index is 2.21. The van der Waals surface area contributed by atoms with Crippen LogP contribution in [0.15, 0.2) is 4.99 Å². The van der Waals surface area contributed by atoms with Gasteiger partial charge in [0.2, 0.25) is 5.91 Å². The molecular formula is C11H22N4O. The minimum Gasteiger partial charge on any atom is -0.370 e. The van der Waals surface area contributed by atoms with E-state index in [0.29, 0.717) is 18.5 Å². The molecule has 16 heavy (non-hydrogen) atoms. The van der Waals surface area contributed by atoms with Crippen molar-refractivity contribution in [3.63, 3.8) is 0 Å². The van der Waals surface area contributed by atoms with Crippen molar-refractivity contribution in [3.05, 3.63) is 0 Å². The van der Waals surface area contributed by atoms with Gasteiger partial charge in [0.15, 0.2) is 5.96 Å². The summed E-state index contributed by atoms with van der Waals surface area (Å²) in [7, 11) is 0. The Morgan fingerprint density at radius 1 is 1.62 bits per heavy atom. The average Bonchev–Trinajstić information content (AvgIpc) is 2.16. The minimum atomic E-state index is -0.319. The summed E-state index contributed by atoms with van der Waals surface area (Å²) in [6, 6.07) is 0.331. The van der Waals surface area contributed by atoms with Crippen LogP contribution in [0.2, 0.25) is 0 Å². The molecule has 0 fully saturated rings. The number of nitrogens with two attached hydrogens (primary N) is 1. The van der Waals surface area contributed by atoms with E-state index in [1.807, 2.05) is 20.8 Å². The summed E-state index contributed by atoms with van der Waals surface area (Å²) in [5.41, 5.74) is 5.26. The quantitative estimate of drug-likeness (QED) is 0.644. The van der Waals surface area contributed by atoms with Crippen molar-refractivity contribution in [3.8, 4) is 0 Å². The van der Waals surface area contributed by atoms with Crippen LogP contribution in [0.5, 0.6) is 0 Å². The van der Waals surface area contributed by atoms with Gasteiger partial charge in [0, 0.05) is 24.5 Å². The van der Waals surface area contributed by atoms with Crippen molar-refractivity contribution in [1.29, 1.82) is 0 Å². The second-order valence-electron chi connectivity index (χ2n) is 5.19. The lowest BCUT2D eigenvalue weighted by Gasteiger charge is -2.23. The first-order valence-electron chi connectivity index (χ1n) is 5.74. The molecule has 0 saturated carbocycles. The number of hydrogen-bond donors (Lipinski definition) is 3. The van der Waals surface area contributed by atoms with Crippen LogP contribution in [0.3, 0.4) is 0 Å². The van der Waals surface area contributed by atoms with Gasteiger partial charge in [0.25, 0.3) is 0 Å². The molecule has 0 aromatic rings. The second kappa shape index (κ2) is 5.18. The van der Waals surface area contributed by atoms with E-state index in [4.69, 9.17) is 5.73 Å². The second-order valence-corrected chi connectivity index (χ2v) is 5.19. The van der Waals surface area contributed by atoms with Gasteiger partial charge in [0.05, 0.1) is 0 Å². The van der Waals surface area contributed by atoms with E-state index in [1.165, 1.54) is 0 Å². The average molecular weight is 226 g/mol. The van der Waals surface area contributed by atoms with Gasteiger partial charge >= 0.3 is 0 Å². The monoisotopic (exact) mass is 226 g/mol. The summed E-state index contributed by atoms with van der Waals surface area (Å²) in [4.78, 5) is 15.6. The molecule has 1 aliphatic rings. The Bertz CT molecular complexity index is 280. The number of amides is 1. The molecule has 0 aromatic heterocycles. The maximum Gasteiger partial charge on any atom is 0.225 e. The third kappa shape index (κ3) is 4.08. The van der Waals surface area contributed by atoms with Crippen molar-refractivity contribution in [2.24, 2.45) is 16.1 Å². The van der Waals surface area contributed by atoms with Gasteiger partial charge in [0.1, 0.15) is 0 Å². The molecule has 1 aliphatic heterocycles. The van der Waals surface area contributed by atoms with Gasteiger partial charge in [-0.2, -0.15) is 0 Å². The van der Waals surface area contributed by atoms with E-state index >= 15 is 0 Å². The van der Waals surface area contributed by atoms with Crippen molar-refractivity contribution >= 4 is 11.9 Å². The molecule has 1 unspecified atom stereocenters. The molecule has 1 rings (SSSR count). The zero-order valence-electron chi connectivity index (χ0n) is 10.3. The molecule has 4 N–H and O–H groups in total. The highest BCUT2D eigenvalue weighted by molar-refractivity contribution is 5.81. The number of aliphatic imine (C=N–C) groups is 1. The summed E-state index contributed by atoms with van der Waals surface area (Å²) in [6.45, 7) is 7.18. The van der Waals surface area contributed by atoms with E-state index < -0.39 is 0 Å². The summed E-state index contributed by atoms with van der Waals surface area (Å²) in [5, 5.41) is 6.03. The zero-order chi connectivity index (χ0) is 12.2. The summed E-state index contributed by atoms with van der Waals surface area (Å²) in [5.74, 6) is 0.600. The lowest BCUT2D eigenvalue weighted by Crippen LogP contribution is -2.45. The van der Waals surface area contributed by atoms with E-state index in [1.54, 1.807) is 0 Å². The molecule has 0 aromatic carbocycles. The van der Waals surface area contributed by atoms with Crippen molar-refractivity contribution in [1.82, 2.24) is 10.6 Å². The lowest BCUT2D eigenvalue weighted by atomic mass is 9.95. The predicted molar refractivity (Wildman–Crippen MR) is 65.1 cm³/mol. The molecule has 0 bridgehead atoms. The molecule has 1 atom stereocenters. The number of nitrogens with zero attached hydrogens (tertiary/aromatic N) is 1. The third-order valence-corrected chi connectivity index (χ3v) is 2.57. The van der Waals surface area contributed by atoms with Gasteiger partial charge in [-0.3, -0.25) is 9.79 Å². The highest BCUT2D eigenvalue weighted by Gasteiger charge is 2.21. The third-order valence-electron chi connectivity index (χ3n) is 2.57. The van der Waals surface area contributed by atoms with Gasteiger partial charge < -0.3 is 16.4 Å². The molecular weight excluding hydrogens is 204 g/mol. The number of carbonyl (C=O) groups is 1. The number of nitrogens with one attached hydrogen (secondary N) is 2. The fourth-order valence-corrected chi connectivity index (χ4v) is 1.51. The van der Waals surface area contributed by atoms with Gasteiger partial charge in [-0.25, -0.2) is 0 Å². The van der Waals surface area contributed by atoms with Crippen molar-refractivity contribution < 1.29 is 4.79 Å². The molecule has 1 heterocycles. The number of carbonyl (C=O) groups excluding carboxylic acids is 1. The predicted octanol–water partition coefficient (Wildman–Crippen LogP) is 0.215. The first kappa shape index (κ1) is 12.8. The Kier molecular flexibility index (Phi) is 4.15. The number of rotatable bonds is 3. The van der Waals surface area contributed by atoms with Crippen LogP contribution in [0, 0.1) is 5.41 Å². The molecule has 1 amide bonds. The smallest absolute Gasteiger partial charge is 0.225 e. The fourth-order valence-electron chi connectivity index (χ4n) is 1.51. The maximum absolute atomic E-state index is 11.6. The molecule has 0 saturated heterocycles. The van der Waals surface area contributed by atoms with Gasteiger partial charge in [-0.1, -0.05) is 20.8 Å². The molecule has 0 aliphatic carbocycles. The topological polar surface area (TPSA) is 79.5 Å².